The van der Waals surface area contributed by atoms with Crippen LogP contribution >= 0.6 is 0 Å². The monoisotopic (exact) mass is 458 g/mol. The van der Waals surface area contributed by atoms with Gasteiger partial charge >= 0.3 is 0 Å². The molecule has 3 aromatic carbocycles. The predicted molar refractivity (Wildman–Crippen MR) is 131 cm³/mol. The van der Waals surface area contributed by atoms with Crippen molar-refractivity contribution in [2.45, 2.75) is 32.0 Å². The molecule has 1 fully saturated rings. The number of methoxy groups -OCH3 is 2. The Morgan fingerprint density at radius 3 is 1.94 bits per heavy atom. The summed E-state index contributed by atoms with van der Waals surface area (Å²) in [5.41, 5.74) is 3.21. The first-order valence-electron chi connectivity index (χ1n) is 11.5. The molecule has 0 unspecified atom stereocenters. The lowest BCUT2D eigenvalue weighted by molar-refractivity contribution is -0.139. The predicted octanol–water partition coefficient (Wildman–Crippen LogP) is 4.08. The first-order chi connectivity index (χ1) is 16.6. The number of carbonyl (C=O) groups is 2. The fourth-order valence-corrected chi connectivity index (χ4v) is 4.38. The van der Waals surface area contributed by atoms with Crippen molar-refractivity contribution < 1.29 is 19.1 Å². The standard InChI is InChI=1S/C28H30N2O4/c1-33-25-14-13-21(17-26(25)34-2)15-16-30-27(31)18-24(28(30)32)29(19-22-9-5-3-6-10-22)20-23-11-7-4-8-12-23/h3-14,17,24H,15-16,18-20H2,1-2H3/t24-/m0/s1. The number of amides is 2. The van der Waals surface area contributed by atoms with Crippen LogP contribution in [0.5, 0.6) is 11.5 Å². The van der Waals surface area contributed by atoms with E-state index >= 15 is 0 Å². The van der Waals surface area contributed by atoms with E-state index in [9.17, 15) is 9.59 Å². The lowest BCUT2D eigenvalue weighted by Gasteiger charge is -2.27. The Bertz CT molecular complexity index is 1080. The van der Waals surface area contributed by atoms with Crippen LogP contribution in [0.25, 0.3) is 0 Å². The first-order valence-corrected chi connectivity index (χ1v) is 11.5. The fraction of sp³-hybridized carbons (Fsp3) is 0.286. The van der Waals surface area contributed by atoms with E-state index in [0.29, 0.717) is 37.6 Å². The molecule has 1 aliphatic rings. The molecule has 6 heteroatoms. The summed E-state index contributed by atoms with van der Waals surface area (Å²) in [6, 6.07) is 25.3. The molecule has 6 nitrogen and oxygen atoms in total. The molecule has 0 saturated carbocycles. The van der Waals surface area contributed by atoms with Crippen LogP contribution < -0.4 is 9.47 Å². The number of imide groups is 1. The summed E-state index contributed by atoms with van der Waals surface area (Å²) >= 11 is 0. The van der Waals surface area contributed by atoms with E-state index in [2.05, 4.69) is 4.90 Å². The van der Waals surface area contributed by atoms with Crippen molar-refractivity contribution in [2.75, 3.05) is 20.8 Å². The van der Waals surface area contributed by atoms with E-state index in [4.69, 9.17) is 9.47 Å². The van der Waals surface area contributed by atoms with E-state index in [1.54, 1.807) is 14.2 Å². The third-order valence-corrected chi connectivity index (χ3v) is 6.19. The number of likely N-dealkylation sites (tertiary alicyclic amines) is 1. The van der Waals surface area contributed by atoms with Crippen LogP contribution in [0, 0.1) is 0 Å². The topological polar surface area (TPSA) is 59.1 Å². The fourth-order valence-electron chi connectivity index (χ4n) is 4.38. The van der Waals surface area contributed by atoms with Gasteiger partial charge in [0.05, 0.1) is 26.7 Å². The van der Waals surface area contributed by atoms with Gasteiger partial charge in [0, 0.05) is 19.6 Å². The molecule has 0 bridgehead atoms. The lowest BCUT2D eigenvalue weighted by atomic mass is 10.1. The molecule has 3 aromatic rings. The molecule has 1 aliphatic heterocycles. The molecule has 176 valence electrons. The quantitative estimate of drug-likeness (QED) is 0.429. The highest BCUT2D eigenvalue weighted by Crippen LogP contribution is 2.28. The van der Waals surface area contributed by atoms with Crippen LogP contribution in [-0.4, -0.2) is 48.4 Å². The highest BCUT2D eigenvalue weighted by molar-refractivity contribution is 6.05. The molecule has 0 radical (unpaired) electrons. The second-order valence-electron chi connectivity index (χ2n) is 8.42. The molecule has 34 heavy (non-hydrogen) atoms. The van der Waals surface area contributed by atoms with Crippen LogP contribution in [0.15, 0.2) is 78.9 Å². The first kappa shape index (κ1) is 23.5. The summed E-state index contributed by atoms with van der Waals surface area (Å²) in [5.74, 6) is 1.03. The Kier molecular flexibility index (Phi) is 7.60. The van der Waals surface area contributed by atoms with E-state index in [1.807, 2.05) is 78.9 Å². The average molecular weight is 459 g/mol. The zero-order valence-electron chi connectivity index (χ0n) is 19.6. The average Bonchev–Trinajstić information content (AvgIpc) is 3.16. The SMILES string of the molecule is COc1ccc(CCN2C(=O)C[C@H](N(Cc3ccccc3)Cc3ccccc3)C2=O)cc1OC. The van der Waals surface area contributed by atoms with Gasteiger partial charge in [0.1, 0.15) is 0 Å². The van der Waals surface area contributed by atoms with Gasteiger partial charge in [-0.25, -0.2) is 0 Å². The normalized spacial score (nSPS) is 15.7. The number of hydrogen-bond donors (Lipinski definition) is 0. The molecule has 0 aromatic heterocycles. The van der Waals surface area contributed by atoms with Crippen molar-refractivity contribution in [3.8, 4) is 11.5 Å². The zero-order valence-corrected chi connectivity index (χ0v) is 19.6. The van der Waals surface area contributed by atoms with Crippen LogP contribution in [0.3, 0.4) is 0 Å². The van der Waals surface area contributed by atoms with Gasteiger partial charge in [-0.3, -0.25) is 19.4 Å². The van der Waals surface area contributed by atoms with Crippen molar-refractivity contribution in [1.82, 2.24) is 9.80 Å². The molecule has 1 heterocycles. The van der Waals surface area contributed by atoms with Crippen molar-refractivity contribution >= 4 is 11.8 Å². The molecule has 1 atom stereocenters. The number of hydrogen-bond acceptors (Lipinski definition) is 5. The summed E-state index contributed by atoms with van der Waals surface area (Å²) in [5, 5.41) is 0. The van der Waals surface area contributed by atoms with Crippen LogP contribution in [0.1, 0.15) is 23.1 Å². The lowest BCUT2D eigenvalue weighted by Crippen LogP contribution is -2.42. The summed E-state index contributed by atoms with van der Waals surface area (Å²) < 4.78 is 10.7. The number of rotatable bonds is 10. The minimum absolute atomic E-state index is 0.124. The zero-order chi connectivity index (χ0) is 23.9. The molecule has 4 rings (SSSR count). The van der Waals surface area contributed by atoms with E-state index in [-0.39, 0.29) is 18.2 Å². The summed E-state index contributed by atoms with van der Waals surface area (Å²) in [4.78, 5) is 29.8. The number of ether oxygens (including phenoxy) is 2. The Morgan fingerprint density at radius 1 is 0.794 bits per heavy atom. The maximum Gasteiger partial charge on any atom is 0.247 e. The third kappa shape index (κ3) is 5.46. The van der Waals surface area contributed by atoms with Gasteiger partial charge in [-0.1, -0.05) is 66.7 Å². The molecular formula is C28H30N2O4. The van der Waals surface area contributed by atoms with Gasteiger partial charge in [-0.15, -0.1) is 0 Å². The largest absolute Gasteiger partial charge is 0.493 e. The number of carbonyl (C=O) groups excluding carboxylic acids is 2. The van der Waals surface area contributed by atoms with Gasteiger partial charge in [-0.2, -0.15) is 0 Å². The maximum atomic E-state index is 13.4. The summed E-state index contributed by atoms with van der Waals surface area (Å²) in [6.07, 6.45) is 0.756. The Labute approximate surface area is 200 Å². The van der Waals surface area contributed by atoms with Crippen molar-refractivity contribution in [3.05, 3.63) is 95.6 Å². The number of nitrogens with zero attached hydrogens (tertiary/aromatic N) is 2. The minimum Gasteiger partial charge on any atom is -0.493 e. The van der Waals surface area contributed by atoms with Gasteiger partial charge < -0.3 is 9.47 Å². The van der Waals surface area contributed by atoms with Gasteiger partial charge in [0.2, 0.25) is 11.8 Å². The second-order valence-corrected chi connectivity index (χ2v) is 8.42. The highest BCUT2D eigenvalue weighted by atomic mass is 16.5. The van der Waals surface area contributed by atoms with E-state index in [0.717, 1.165) is 16.7 Å². The Hall–Kier alpha value is -3.64. The van der Waals surface area contributed by atoms with Crippen LogP contribution in [0.4, 0.5) is 0 Å². The van der Waals surface area contributed by atoms with Crippen LogP contribution in [0.2, 0.25) is 0 Å². The third-order valence-electron chi connectivity index (χ3n) is 6.19. The van der Waals surface area contributed by atoms with Crippen molar-refractivity contribution in [1.29, 1.82) is 0 Å². The van der Waals surface area contributed by atoms with Gasteiger partial charge in [0.25, 0.3) is 0 Å². The van der Waals surface area contributed by atoms with Gasteiger partial charge in [0.15, 0.2) is 11.5 Å². The van der Waals surface area contributed by atoms with E-state index in [1.165, 1.54) is 4.90 Å². The molecular weight excluding hydrogens is 428 g/mol. The second kappa shape index (κ2) is 11.0. The molecule has 0 N–H and O–H groups in total. The Morgan fingerprint density at radius 2 is 1.38 bits per heavy atom. The Balaban J connectivity index is 1.49. The van der Waals surface area contributed by atoms with Crippen LogP contribution in [-0.2, 0) is 29.1 Å². The maximum absolute atomic E-state index is 13.4. The highest BCUT2D eigenvalue weighted by Gasteiger charge is 2.41. The molecule has 2 amide bonds. The van der Waals surface area contributed by atoms with Crippen molar-refractivity contribution in [2.24, 2.45) is 0 Å². The summed E-state index contributed by atoms with van der Waals surface area (Å²) in [6.45, 7) is 1.54. The minimum atomic E-state index is -0.474. The smallest absolute Gasteiger partial charge is 0.247 e. The van der Waals surface area contributed by atoms with E-state index < -0.39 is 6.04 Å². The molecule has 0 aliphatic carbocycles. The van der Waals surface area contributed by atoms with Crippen molar-refractivity contribution in [3.63, 3.8) is 0 Å². The summed E-state index contributed by atoms with van der Waals surface area (Å²) in [7, 11) is 3.18. The molecule has 0 spiro atoms. The molecule has 1 saturated heterocycles. The van der Waals surface area contributed by atoms with Gasteiger partial charge in [-0.05, 0) is 35.2 Å². The number of benzene rings is 3.